The van der Waals surface area contributed by atoms with Gasteiger partial charge in [0.1, 0.15) is 0 Å². The Morgan fingerprint density at radius 2 is 2.00 bits per heavy atom. The third-order valence-corrected chi connectivity index (χ3v) is 3.25. The van der Waals surface area contributed by atoms with Gasteiger partial charge in [-0.3, -0.25) is 4.79 Å². The molecule has 0 N–H and O–H groups in total. The molecule has 1 nitrogen and oxygen atoms in total. The zero-order valence-corrected chi connectivity index (χ0v) is 12.1. The number of rotatable bonds is 7. The maximum atomic E-state index is 11.6. The fourth-order valence-corrected chi connectivity index (χ4v) is 2.10. The number of carbonyl (C=O) groups excluding carboxylic acids is 1. The van der Waals surface area contributed by atoms with Gasteiger partial charge in [0.25, 0.3) is 0 Å². The Hall–Kier alpha value is -0.790. The first kappa shape index (κ1) is 15.3. The molecule has 0 spiro atoms. The van der Waals surface area contributed by atoms with E-state index in [2.05, 4.69) is 6.92 Å². The van der Waals surface area contributed by atoms with Crippen molar-refractivity contribution < 1.29 is 4.79 Å². The predicted octanol–water partition coefficient (Wildman–Crippen LogP) is 5.55. The molecule has 0 saturated carbocycles. The fourth-order valence-electron chi connectivity index (χ4n) is 1.63. The van der Waals surface area contributed by atoms with Crippen LogP contribution < -0.4 is 0 Å². The third-order valence-electron chi connectivity index (χ3n) is 2.69. The highest BCUT2D eigenvalue weighted by Gasteiger charge is 2.00. The molecular formula is C15H18Cl2O. The number of unbranched alkanes of at least 4 members (excludes halogenated alkanes) is 3. The monoisotopic (exact) mass is 284 g/mol. The van der Waals surface area contributed by atoms with E-state index < -0.39 is 0 Å². The second-order valence-corrected chi connectivity index (χ2v) is 5.12. The molecule has 0 fully saturated rings. The quantitative estimate of drug-likeness (QED) is 0.474. The van der Waals surface area contributed by atoms with Gasteiger partial charge in [-0.05, 0) is 36.3 Å². The van der Waals surface area contributed by atoms with Gasteiger partial charge < -0.3 is 0 Å². The third kappa shape index (κ3) is 5.70. The average Bonchev–Trinajstić information content (AvgIpc) is 2.33. The summed E-state index contributed by atoms with van der Waals surface area (Å²) in [6, 6.07) is 5.25. The number of allylic oxidation sites excluding steroid dienone is 1. The molecule has 0 bridgehead atoms. The molecule has 0 heterocycles. The first-order valence-corrected chi connectivity index (χ1v) is 7.05. The predicted molar refractivity (Wildman–Crippen MR) is 79.3 cm³/mol. The summed E-state index contributed by atoms with van der Waals surface area (Å²) in [6.45, 7) is 2.16. The first-order chi connectivity index (χ1) is 8.63. The summed E-state index contributed by atoms with van der Waals surface area (Å²) in [6.07, 6.45) is 8.43. The van der Waals surface area contributed by atoms with Gasteiger partial charge in [0.2, 0.25) is 0 Å². The van der Waals surface area contributed by atoms with Gasteiger partial charge in [-0.1, -0.05) is 55.5 Å². The normalized spacial score (nSPS) is 11.1. The van der Waals surface area contributed by atoms with Gasteiger partial charge in [-0.15, -0.1) is 0 Å². The first-order valence-electron chi connectivity index (χ1n) is 6.29. The van der Waals surface area contributed by atoms with E-state index in [1.807, 2.05) is 6.07 Å². The van der Waals surface area contributed by atoms with Crippen LogP contribution in [0.3, 0.4) is 0 Å². The Morgan fingerprint density at radius 3 is 2.67 bits per heavy atom. The van der Waals surface area contributed by atoms with Gasteiger partial charge in [-0.2, -0.15) is 0 Å². The number of carbonyl (C=O) groups is 1. The largest absolute Gasteiger partial charge is 0.295 e. The van der Waals surface area contributed by atoms with Crippen LogP contribution in [-0.2, 0) is 4.79 Å². The van der Waals surface area contributed by atoms with Crippen LogP contribution in [0.4, 0.5) is 0 Å². The van der Waals surface area contributed by atoms with Crippen LogP contribution >= 0.6 is 23.2 Å². The van der Waals surface area contributed by atoms with Crippen molar-refractivity contribution in [2.24, 2.45) is 0 Å². The van der Waals surface area contributed by atoms with E-state index in [1.54, 1.807) is 24.3 Å². The highest BCUT2D eigenvalue weighted by Crippen LogP contribution is 2.22. The van der Waals surface area contributed by atoms with Crippen molar-refractivity contribution >= 4 is 35.1 Å². The maximum absolute atomic E-state index is 11.6. The van der Waals surface area contributed by atoms with Crippen molar-refractivity contribution in [2.75, 3.05) is 0 Å². The van der Waals surface area contributed by atoms with Crippen LogP contribution in [0.2, 0.25) is 10.0 Å². The lowest BCUT2D eigenvalue weighted by Crippen LogP contribution is -1.92. The Bertz CT molecular complexity index is 425. The molecule has 98 valence electrons. The summed E-state index contributed by atoms with van der Waals surface area (Å²) in [4.78, 5) is 11.6. The molecule has 0 atom stereocenters. The van der Waals surface area contributed by atoms with Crippen molar-refractivity contribution in [3.8, 4) is 0 Å². The maximum Gasteiger partial charge on any atom is 0.155 e. The second kappa shape index (κ2) is 8.34. The number of benzene rings is 1. The van der Waals surface area contributed by atoms with Crippen molar-refractivity contribution in [1.82, 2.24) is 0 Å². The molecule has 0 unspecified atom stereocenters. The topological polar surface area (TPSA) is 17.1 Å². The molecule has 18 heavy (non-hydrogen) atoms. The van der Waals surface area contributed by atoms with Crippen LogP contribution in [-0.4, -0.2) is 5.78 Å². The van der Waals surface area contributed by atoms with Gasteiger partial charge in [0, 0.05) is 16.5 Å². The Labute approximate surface area is 119 Å². The van der Waals surface area contributed by atoms with Crippen molar-refractivity contribution in [3.63, 3.8) is 0 Å². The highest BCUT2D eigenvalue weighted by atomic mass is 35.5. The van der Waals surface area contributed by atoms with E-state index in [0.717, 1.165) is 18.4 Å². The molecule has 0 saturated heterocycles. The molecule has 0 aliphatic rings. The summed E-state index contributed by atoms with van der Waals surface area (Å²) < 4.78 is 0. The summed E-state index contributed by atoms with van der Waals surface area (Å²) in [5.74, 6) is 0.150. The minimum atomic E-state index is 0.150. The minimum absolute atomic E-state index is 0.150. The second-order valence-electron chi connectivity index (χ2n) is 4.28. The fraction of sp³-hybridized carbons (Fsp3) is 0.400. The van der Waals surface area contributed by atoms with E-state index >= 15 is 0 Å². The number of ketones is 1. The zero-order valence-electron chi connectivity index (χ0n) is 10.6. The molecule has 0 aliphatic heterocycles. The van der Waals surface area contributed by atoms with Crippen molar-refractivity contribution in [1.29, 1.82) is 0 Å². The van der Waals surface area contributed by atoms with Crippen LogP contribution in [0.15, 0.2) is 24.3 Å². The average molecular weight is 285 g/mol. The Balaban J connectivity index is 2.45. The molecule has 1 aromatic rings. The van der Waals surface area contributed by atoms with Gasteiger partial charge in [0.15, 0.2) is 5.78 Å². The van der Waals surface area contributed by atoms with Gasteiger partial charge in [0.05, 0.1) is 0 Å². The smallest absolute Gasteiger partial charge is 0.155 e. The van der Waals surface area contributed by atoms with Crippen molar-refractivity contribution in [3.05, 3.63) is 39.9 Å². The highest BCUT2D eigenvalue weighted by molar-refractivity contribution is 6.35. The standard InChI is InChI=1S/C15H18Cl2O/c1-2-3-4-5-6-14(18)10-8-12-7-9-13(16)11-15(12)17/h7-11H,2-6H2,1H3/b10-8+. The number of halogens is 2. The van der Waals surface area contributed by atoms with E-state index in [-0.39, 0.29) is 5.78 Å². The van der Waals surface area contributed by atoms with Crippen LogP contribution in [0.25, 0.3) is 6.08 Å². The lowest BCUT2D eigenvalue weighted by molar-refractivity contribution is -0.114. The zero-order chi connectivity index (χ0) is 13.4. The van der Waals surface area contributed by atoms with E-state index in [0.29, 0.717) is 16.5 Å². The summed E-state index contributed by atoms with van der Waals surface area (Å²) in [5.41, 5.74) is 0.822. The van der Waals surface area contributed by atoms with Crippen LogP contribution in [0.1, 0.15) is 44.6 Å². The molecule has 1 aromatic carbocycles. The lowest BCUT2D eigenvalue weighted by atomic mass is 10.1. The van der Waals surface area contributed by atoms with E-state index in [9.17, 15) is 4.79 Å². The van der Waals surface area contributed by atoms with Crippen LogP contribution in [0, 0.1) is 0 Å². The minimum Gasteiger partial charge on any atom is -0.295 e. The summed E-state index contributed by atoms with van der Waals surface area (Å²) in [5, 5.41) is 1.17. The van der Waals surface area contributed by atoms with E-state index in [4.69, 9.17) is 23.2 Å². The van der Waals surface area contributed by atoms with Gasteiger partial charge >= 0.3 is 0 Å². The van der Waals surface area contributed by atoms with Crippen LogP contribution in [0.5, 0.6) is 0 Å². The van der Waals surface area contributed by atoms with Crippen molar-refractivity contribution in [2.45, 2.75) is 39.0 Å². The van der Waals surface area contributed by atoms with E-state index in [1.165, 1.54) is 12.8 Å². The molecule has 0 amide bonds. The Kier molecular flexibility index (Phi) is 7.07. The molecule has 0 radical (unpaired) electrons. The molecule has 1 rings (SSSR count). The molecule has 0 aliphatic carbocycles. The lowest BCUT2D eigenvalue weighted by Gasteiger charge is -1.99. The summed E-state index contributed by atoms with van der Waals surface area (Å²) in [7, 11) is 0. The Morgan fingerprint density at radius 1 is 1.22 bits per heavy atom. The number of hydrogen-bond donors (Lipinski definition) is 0. The van der Waals surface area contributed by atoms with Gasteiger partial charge in [-0.25, -0.2) is 0 Å². The molecule has 0 aromatic heterocycles. The molecule has 3 heteroatoms. The molecular weight excluding hydrogens is 267 g/mol. The SMILES string of the molecule is CCCCCCC(=O)/C=C/c1ccc(Cl)cc1Cl. The number of hydrogen-bond acceptors (Lipinski definition) is 1. The summed E-state index contributed by atoms with van der Waals surface area (Å²) >= 11 is 11.8.